The number of nitrogens with zero attached hydrogens (tertiary/aromatic N) is 2. The molecule has 1 aliphatic heterocycles. The zero-order valence-corrected chi connectivity index (χ0v) is 13.1. The fourth-order valence-electron chi connectivity index (χ4n) is 2.38. The second kappa shape index (κ2) is 5.80. The van der Waals surface area contributed by atoms with Gasteiger partial charge in [0, 0.05) is 23.6 Å². The number of aromatic nitrogens is 1. The summed E-state index contributed by atoms with van der Waals surface area (Å²) in [6, 6.07) is 0. The van der Waals surface area contributed by atoms with Crippen molar-refractivity contribution in [1.29, 1.82) is 0 Å². The summed E-state index contributed by atoms with van der Waals surface area (Å²) in [5, 5.41) is 11.8. The van der Waals surface area contributed by atoms with Crippen LogP contribution in [0.25, 0.3) is 0 Å². The summed E-state index contributed by atoms with van der Waals surface area (Å²) in [4.78, 5) is 8.15. The number of thioether (sulfide) groups is 1. The predicted molar refractivity (Wildman–Crippen MR) is 80.9 cm³/mol. The molecule has 3 nitrogen and oxygen atoms in total. The molecular weight excluding hydrogens is 264 g/mol. The number of anilines is 1. The van der Waals surface area contributed by atoms with E-state index in [9.17, 15) is 5.11 Å². The third-order valence-electron chi connectivity index (χ3n) is 3.10. The molecule has 2 rings (SSSR count). The van der Waals surface area contributed by atoms with Gasteiger partial charge in [-0.1, -0.05) is 39.0 Å². The molecule has 1 N–H and O–H groups in total. The van der Waals surface area contributed by atoms with Gasteiger partial charge in [-0.05, 0) is 5.92 Å². The SMILES string of the molecule is CC1CN(c2nc(C(C)C)c(CO)s2)CC(C)S1. The number of aliphatic hydroxyl groups is 1. The second-order valence-electron chi connectivity index (χ2n) is 5.28. The molecule has 1 fully saturated rings. The van der Waals surface area contributed by atoms with Crippen LogP contribution in [0.5, 0.6) is 0 Å². The van der Waals surface area contributed by atoms with Gasteiger partial charge in [-0.25, -0.2) is 4.98 Å². The predicted octanol–water partition coefficient (Wildman–Crippen LogP) is 3.09. The topological polar surface area (TPSA) is 36.4 Å². The minimum Gasteiger partial charge on any atom is -0.391 e. The van der Waals surface area contributed by atoms with Crippen molar-refractivity contribution in [2.45, 2.75) is 50.7 Å². The van der Waals surface area contributed by atoms with Crippen LogP contribution < -0.4 is 4.90 Å². The Morgan fingerprint density at radius 3 is 2.39 bits per heavy atom. The zero-order valence-electron chi connectivity index (χ0n) is 11.5. The molecule has 0 amide bonds. The van der Waals surface area contributed by atoms with E-state index in [0.29, 0.717) is 16.4 Å². The first-order chi connectivity index (χ1) is 8.51. The van der Waals surface area contributed by atoms with Crippen LogP contribution in [0.3, 0.4) is 0 Å². The van der Waals surface area contributed by atoms with Gasteiger partial charge in [0.1, 0.15) is 0 Å². The van der Waals surface area contributed by atoms with E-state index < -0.39 is 0 Å². The average Bonchev–Trinajstić information content (AvgIpc) is 2.71. The van der Waals surface area contributed by atoms with E-state index in [-0.39, 0.29) is 6.61 Å². The lowest BCUT2D eigenvalue weighted by Gasteiger charge is -2.34. The molecule has 18 heavy (non-hydrogen) atoms. The van der Waals surface area contributed by atoms with E-state index in [2.05, 4.69) is 32.6 Å². The summed E-state index contributed by atoms with van der Waals surface area (Å²) < 4.78 is 0. The van der Waals surface area contributed by atoms with E-state index >= 15 is 0 Å². The van der Waals surface area contributed by atoms with Crippen molar-refractivity contribution in [3.05, 3.63) is 10.6 Å². The van der Waals surface area contributed by atoms with Gasteiger partial charge < -0.3 is 10.0 Å². The molecular formula is C13H22N2OS2. The molecule has 1 aliphatic rings. The van der Waals surface area contributed by atoms with Crippen molar-refractivity contribution < 1.29 is 5.11 Å². The van der Waals surface area contributed by atoms with E-state index in [0.717, 1.165) is 28.8 Å². The summed E-state index contributed by atoms with van der Waals surface area (Å²) in [7, 11) is 0. The Kier molecular flexibility index (Phi) is 4.56. The molecule has 1 saturated heterocycles. The van der Waals surface area contributed by atoms with E-state index in [1.807, 2.05) is 11.8 Å². The van der Waals surface area contributed by atoms with Gasteiger partial charge in [0.15, 0.2) is 5.13 Å². The van der Waals surface area contributed by atoms with Crippen LogP contribution in [-0.4, -0.2) is 33.7 Å². The summed E-state index contributed by atoms with van der Waals surface area (Å²) >= 11 is 3.70. The Labute approximate surface area is 118 Å². The third kappa shape index (κ3) is 3.00. The van der Waals surface area contributed by atoms with Gasteiger partial charge in [-0.15, -0.1) is 0 Å². The van der Waals surface area contributed by atoms with Crippen LogP contribution in [-0.2, 0) is 6.61 Å². The number of aliphatic hydroxyl groups excluding tert-OH is 1. The van der Waals surface area contributed by atoms with E-state index in [4.69, 9.17) is 4.98 Å². The molecule has 102 valence electrons. The van der Waals surface area contributed by atoms with Gasteiger partial charge in [0.2, 0.25) is 0 Å². The van der Waals surface area contributed by atoms with Crippen molar-refractivity contribution in [3.8, 4) is 0 Å². The monoisotopic (exact) mass is 286 g/mol. The summed E-state index contributed by atoms with van der Waals surface area (Å²) in [5.74, 6) is 0.381. The molecule has 1 aromatic heterocycles. The molecule has 2 unspecified atom stereocenters. The fraction of sp³-hybridized carbons (Fsp3) is 0.769. The van der Waals surface area contributed by atoms with Crippen molar-refractivity contribution in [3.63, 3.8) is 0 Å². The lowest BCUT2D eigenvalue weighted by Crippen LogP contribution is -2.40. The summed E-state index contributed by atoms with van der Waals surface area (Å²) in [5.41, 5.74) is 1.07. The number of thiazole rings is 1. The Balaban J connectivity index is 2.22. The van der Waals surface area contributed by atoms with Crippen LogP contribution in [0, 0.1) is 0 Å². The Bertz CT molecular complexity index is 396. The Hall–Kier alpha value is -0.260. The molecule has 0 bridgehead atoms. The fourth-order valence-corrected chi connectivity index (χ4v) is 4.80. The second-order valence-corrected chi connectivity index (χ2v) is 8.22. The number of hydrogen-bond acceptors (Lipinski definition) is 5. The highest BCUT2D eigenvalue weighted by Crippen LogP contribution is 2.34. The summed E-state index contributed by atoms with van der Waals surface area (Å²) in [6.07, 6.45) is 0. The first-order valence-corrected chi connectivity index (χ1v) is 8.28. The molecule has 0 aromatic carbocycles. The van der Waals surface area contributed by atoms with Crippen molar-refractivity contribution in [2.75, 3.05) is 18.0 Å². The molecule has 1 aromatic rings. The van der Waals surface area contributed by atoms with Crippen molar-refractivity contribution in [2.24, 2.45) is 0 Å². The standard InChI is InChI=1S/C13H22N2OS2/c1-8(2)12-11(7-16)18-13(14-12)15-5-9(3)17-10(4)6-15/h8-10,16H,5-7H2,1-4H3. The van der Waals surface area contributed by atoms with E-state index in [1.54, 1.807) is 11.3 Å². The van der Waals surface area contributed by atoms with Gasteiger partial charge in [0.25, 0.3) is 0 Å². The minimum absolute atomic E-state index is 0.110. The molecule has 0 spiro atoms. The minimum atomic E-state index is 0.110. The third-order valence-corrected chi connectivity index (χ3v) is 5.44. The molecule has 5 heteroatoms. The van der Waals surface area contributed by atoms with E-state index in [1.165, 1.54) is 0 Å². The quantitative estimate of drug-likeness (QED) is 0.926. The first-order valence-electron chi connectivity index (χ1n) is 6.52. The summed E-state index contributed by atoms with van der Waals surface area (Å²) in [6.45, 7) is 11.0. The lowest BCUT2D eigenvalue weighted by atomic mass is 10.1. The first kappa shape index (κ1) is 14.2. The number of rotatable bonds is 3. The highest BCUT2D eigenvalue weighted by atomic mass is 32.2. The van der Waals surface area contributed by atoms with Crippen LogP contribution in [0.1, 0.15) is 44.2 Å². The van der Waals surface area contributed by atoms with Crippen molar-refractivity contribution >= 4 is 28.2 Å². The van der Waals surface area contributed by atoms with Gasteiger partial charge in [0.05, 0.1) is 17.2 Å². The molecule has 2 heterocycles. The lowest BCUT2D eigenvalue weighted by molar-refractivity contribution is 0.283. The van der Waals surface area contributed by atoms with Gasteiger partial charge >= 0.3 is 0 Å². The van der Waals surface area contributed by atoms with Gasteiger partial charge in [-0.3, -0.25) is 0 Å². The van der Waals surface area contributed by atoms with Crippen LogP contribution >= 0.6 is 23.1 Å². The molecule has 2 atom stereocenters. The molecule has 0 saturated carbocycles. The maximum Gasteiger partial charge on any atom is 0.185 e. The Morgan fingerprint density at radius 1 is 1.33 bits per heavy atom. The molecule has 0 aliphatic carbocycles. The number of hydrogen-bond donors (Lipinski definition) is 1. The normalized spacial score (nSPS) is 24.9. The van der Waals surface area contributed by atoms with Crippen LogP contribution in [0.2, 0.25) is 0 Å². The maximum absolute atomic E-state index is 9.43. The van der Waals surface area contributed by atoms with Crippen molar-refractivity contribution in [1.82, 2.24) is 4.98 Å². The van der Waals surface area contributed by atoms with Crippen LogP contribution in [0.15, 0.2) is 0 Å². The van der Waals surface area contributed by atoms with Crippen LogP contribution in [0.4, 0.5) is 5.13 Å². The largest absolute Gasteiger partial charge is 0.391 e. The highest BCUT2D eigenvalue weighted by Gasteiger charge is 2.25. The highest BCUT2D eigenvalue weighted by molar-refractivity contribution is 8.00. The molecule has 0 radical (unpaired) electrons. The van der Waals surface area contributed by atoms with Gasteiger partial charge in [-0.2, -0.15) is 11.8 Å². The average molecular weight is 286 g/mol. The maximum atomic E-state index is 9.43. The Morgan fingerprint density at radius 2 is 1.94 bits per heavy atom. The zero-order chi connectivity index (χ0) is 13.3. The smallest absolute Gasteiger partial charge is 0.185 e.